The number of hydrogen-bond acceptors (Lipinski definition) is 8. The van der Waals surface area contributed by atoms with E-state index < -0.39 is 0 Å². The summed E-state index contributed by atoms with van der Waals surface area (Å²) in [5.41, 5.74) is 0. The Morgan fingerprint density at radius 3 is 2.11 bits per heavy atom. The molecule has 0 aliphatic carbocycles. The molecule has 28 heavy (non-hydrogen) atoms. The Balaban J connectivity index is 1.27. The number of amides is 1. The van der Waals surface area contributed by atoms with Crippen molar-refractivity contribution in [3.63, 3.8) is 0 Å². The average Bonchev–Trinajstić information content (AvgIpc) is 3.29. The lowest BCUT2D eigenvalue weighted by Crippen LogP contribution is -2.50. The molecule has 1 aromatic rings. The predicted molar refractivity (Wildman–Crippen MR) is 105 cm³/mol. The topological polar surface area (TPSA) is 85.3 Å². The van der Waals surface area contributed by atoms with Gasteiger partial charge in [0.05, 0.1) is 19.1 Å². The van der Waals surface area contributed by atoms with Crippen LogP contribution in [0.5, 0.6) is 0 Å². The van der Waals surface area contributed by atoms with Gasteiger partial charge in [0.2, 0.25) is 5.91 Å². The van der Waals surface area contributed by atoms with Crippen LogP contribution in [-0.4, -0.2) is 110 Å². The summed E-state index contributed by atoms with van der Waals surface area (Å²) in [6.07, 6.45) is 0.847. The molecule has 0 bridgehead atoms. The number of rotatable bonds is 5. The number of carbonyl (C=O) groups excluding carboxylic acids is 1. The van der Waals surface area contributed by atoms with Gasteiger partial charge in [0.25, 0.3) is 0 Å². The van der Waals surface area contributed by atoms with Crippen LogP contribution in [-0.2, 0) is 9.53 Å². The van der Waals surface area contributed by atoms with Gasteiger partial charge in [0, 0.05) is 65.5 Å². The first-order valence-electron chi connectivity index (χ1n) is 10.3. The van der Waals surface area contributed by atoms with Crippen molar-refractivity contribution in [2.75, 3.05) is 88.5 Å². The number of nitrogens with zero attached hydrogens (tertiary/aromatic N) is 6. The first kappa shape index (κ1) is 19.4. The third-order valence-electron chi connectivity index (χ3n) is 5.94. The van der Waals surface area contributed by atoms with E-state index in [9.17, 15) is 4.79 Å². The van der Waals surface area contributed by atoms with Gasteiger partial charge in [-0.15, -0.1) is 10.2 Å². The van der Waals surface area contributed by atoms with Crippen molar-refractivity contribution in [3.8, 4) is 0 Å². The highest BCUT2D eigenvalue weighted by Crippen LogP contribution is 2.20. The van der Waals surface area contributed by atoms with Crippen molar-refractivity contribution in [2.24, 2.45) is 5.92 Å². The lowest BCUT2D eigenvalue weighted by atomic mass is 10.1. The molecule has 0 spiro atoms. The summed E-state index contributed by atoms with van der Waals surface area (Å²) in [6.45, 7) is 8.92. The van der Waals surface area contributed by atoms with Crippen LogP contribution in [0.3, 0.4) is 0 Å². The van der Waals surface area contributed by atoms with Gasteiger partial charge in [0.1, 0.15) is 0 Å². The summed E-state index contributed by atoms with van der Waals surface area (Å²) in [6, 6.07) is 4.07. The quantitative estimate of drug-likeness (QED) is 0.705. The number of aromatic nitrogens is 2. The Hall–Kier alpha value is -1.97. The Kier molecular flexibility index (Phi) is 6.23. The Morgan fingerprint density at radius 2 is 1.61 bits per heavy atom. The lowest BCUT2D eigenvalue weighted by molar-refractivity contribution is -0.135. The van der Waals surface area contributed by atoms with Crippen molar-refractivity contribution in [1.29, 1.82) is 0 Å². The standard InChI is InChI=1S/C19H30N6O3/c26-13-12-22-4-6-23(7-5-22)17-1-2-18(21-20-17)24-8-10-25(11-9-24)19(27)16-3-14-28-15-16/h1-2,16,26H,3-15H2. The number of ether oxygens (including phenoxy) is 1. The van der Waals surface area contributed by atoms with E-state index in [1.165, 1.54) is 0 Å². The highest BCUT2D eigenvalue weighted by molar-refractivity contribution is 5.79. The maximum Gasteiger partial charge on any atom is 0.228 e. The fourth-order valence-corrected chi connectivity index (χ4v) is 4.14. The minimum atomic E-state index is 0.0449. The number of β-amino-alcohol motifs (C(OH)–C–C–N with tert-alkyl or cyclic N) is 1. The van der Waals surface area contributed by atoms with E-state index in [4.69, 9.17) is 9.84 Å². The third kappa shape index (κ3) is 4.37. The van der Waals surface area contributed by atoms with Crippen LogP contribution in [0.4, 0.5) is 11.6 Å². The van der Waals surface area contributed by atoms with Crippen LogP contribution in [0.15, 0.2) is 12.1 Å². The summed E-state index contributed by atoms with van der Waals surface area (Å²) in [7, 11) is 0. The fourth-order valence-electron chi connectivity index (χ4n) is 4.14. The molecule has 9 nitrogen and oxygen atoms in total. The van der Waals surface area contributed by atoms with Crippen molar-refractivity contribution in [2.45, 2.75) is 6.42 Å². The van der Waals surface area contributed by atoms with Gasteiger partial charge in [-0.25, -0.2) is 0 Å². The van der Waals surface area contributed by atoms with Crippen LogP contribution in [0.1, 0.15) is 6.42 Å². The summed E-state index contributed by atoms with van der Waals surface area (Å²) < 4.78 is 5.34. The average molecular weight is 390 g/mol. The predicted octanol–water partition coefficient (Wildman–Crippen LogP) is -0.724. The molecule has 3 aliphatic rings. The SMILES string of the molecule is O=C(C1CCOC1)N1CCN(c2ccc(N3CCN(CCO)CC3)nn2)CC1. The lowest BCUT2D eigenvalue weighted by Gasteiger charge is -2.37. The van der Waals surface area contributed by atoms with E-state index in [2.05, 4.69) is 24.9 Å². The van der Waals surface area contributed by atoms with Crippen molar-refractivity contribution < 1.29 is 14.6 Å². The summed E-state index contributed by atoms with van der Waals surface area (Å²) in [4.78, 5) is 21.2. The second-order valence-corrected chi connectivity index (χ2v) is 7.67. The first-order chi connectivity index (χ1) is 13.7. The van der Waals surface area contributed by atoms with Gasteiger partial charge in [0.15, 0.2) is 11.6 Å². The van der Waals surface area contributed by atoms with Gasteiger partial charge in [-0.3, -0.25) is 9.69 Å². The smallest absolute Gasteiger partial charge is 0.228 e. The normalized spacial score (nSPS) is 24.0. The number of aliphatic hydroxyl groups is 1. The molecule has 3 fully saturated rings. The van der Waals surface area contributed by atoms with E-state index in [0.717, 1.165) is 77.0 Å². The molecule has 3 saturated heterocycles. The molecular formula is C19H30N6O3. The van der Waals surface area contributed by atoms with Crippen LogP contribution < -0.4 is 9.80 Å². The zero-order chi connectivity index (χ0) is 19.3. The maximum atomic E-state index is 12.5. The second-order valence-electron chi connectivity index (χ2n) is 7.67. The molecule has 9 heteroatoms. The summed E-state index contributed by atoms with van der Waals surface area (Å²) in [5.74, 6) is 2.06. The van der Waals surface area contributed by atoms with Crippen LogP contribution in [0, 0.1) is 5.92 Å². The molecule has 3 aliphatic heterocycles. The monoisotopic (exact) mass is 390 g/mol. The summed E-state index contributed by atoms with van der Waals surface area (Å²) >= 11 is 0. The van der Waals surface area contributed by atoms with E-state index in [-0.39, 0.29) is 18.4 Å². The molecule has 154 valence electrons. The van der Waals surface area contributed by atoms with Crippen LogP contribution in [0.25, 0.3) is 0 Å². The van der Waals surface area contributed by atoms with Gasteiger partial charge in [-0.05, 0) is 18.6 Å². The van der Waals surface area contributed by atoms with E-state index in [1.807, 2.05) is 17.0 Å². The van der Waals surface area contributed by atoms with Crippen molar-refractivity contribution >= 4 is 17.5 Å². The van der Waals surface area contributed by atoms with Gasteiger partial charge in [-0.2, -0.15) is 0 Å². The molecule has 1 aromatic heterocycles. The van der Waals surface area contributed by atoms with Crippen molar-refractivity contribution in [1.82, 2.24) is 20.0 Å². The highest BCUT2D eigenvalue weighted by atomic mass is 16.5. The molecule has 0 radical (unpaired) electrons. The number of piperazine rings is 2. The molecule has 1 unspecified atom stereocenters. The minimum Gasteiger partial charge on any atom is -0.395 e. The van der Waals surface area contributed by atoms with Gasteiger partial charge >= 0.3 is 0 Å². The maximum absolute atomic E-state index is 12.5. The first-order valence-corrected chi connectivity index (χ1v) is 10.3. The van der Waals surface area contributed by atoms with Gasteiger partial charge < -0.3 is 24.5 Å². The zero-order valence-electron chi connectivity index (χ0n) is 16.4. The largest absolute Gasteiger partial charge is 0.395 e. The number of aliphatic hydroxyl groups excluding tert-OH is 1. The van der Waals surface area contributed by atoms with E-state index >= 15 is 0 Å². The van der Waals surface area contributed by atoms with E-state index in [1.54, 1.807) is 0 Å². The molecule has 0 aromatic carbocycles. The number of hydrogen-bond donors (Lipinski definition) is 1. The molecule has 4 heterocycles. The number of carbonyl (C=O) groups is 1. The van der Waals surface area contributed by atoms with Gasteiger partial charge in [-0.1, -0.05) is 0 Å². The molecular weight excluding hydrogens is 360 g/mol. The number of anilines is 2. The van der Waals surface area contributed by atoms with E-state index in [0.29, 0.717) is 13.2 Å². The van der Waals surface area contributed by atoms with Crippen LogP contribution >= 0.6 is 0 Å². The minimum absolute atomic E-state index is 0.0449. The zero-order valence-corrected chi connectivity index (χ0v) is 16.4. The third-order valence-corrected chi connectivity index (χ3v) is 5.94. The highest BCUT2D eigenvalue weighted by Gasteiger charge is 2.30. The molecule has 1 atom stereocenters. The summed E-state index contributed by atoms with van der Waals surface area (Å²) in [5, 5.41) is 17.9. The molecule has 4 rings (SSSR count). The molecule has 0 saturated carbocycles. The Bertz CT molecular complexity index is 636. The molecule has 1 amide bonds. The fraction of sp³-hybridized carbons (Fsp3) is 0.737. The second kappa shape index (κ2) is 9.02. The van der Waals surface area contributed by atoms with Crippen molar-refractivity contribution in [3.05, 3.63) is 12.1 Å². The Morgan fingerprint density at radius 1 is 1.00 bits per heavy atom. The molecule has 1 N–H and O–H groups in total. The Labute approximate surface area is 165 Å². The van der Waals surface area contributed by atoms with Crippen LogP contribution in [0.2, 0.25) is 0 Å².